The van der Waals surface area contributed by atoms with E-state index in [2.05, 4.69) is 22.6 Å². The maximum atomic E-state index is 10.4. The zero-order valence-electron chi connectivity index (χ0n) is 4.46. The molecule has 0 saturated carbocycles. The number of nitrogens with one attached hydrogen (secondary N) is 1. The van der Waals surface area contributed by atoms with E-state index in [9.17, 15) is 4.79 Å². The molecule has 1 heterocycles. The zero-order chi connectivity index (χ0) is 6.85. The first-order chi connectivity index (χ1) is 4.22. The molecule has 48 valence electrons. The molecule has 4 nitrogen and oxygen atoms in total. The van der Waals surface area contributed by atoms with Crippen LogP contribution >= 0.6 is 12.6 Å². The summed E-state index contributed by atoms with van der Waals surface area (Å²) in [7, 11) is 0. The number of hydrogen-bond acceptors (Lipinski definition) is 3. The number of aromatic amines is 1. The maximum absolute atomic E-state index is 10.4. The topological polar surface area (TPSA) is 71.8 Å². The number of primary amides is 1. The van der Waals surface area contributed by atoms with Gasteiger partial charge in [0.15, 0.2) is 0 Å². The van der Waals surface area contributed by atoms with Crippen LogP contribution in [0.25, 0.3) is 0 Å². The Morgan fingerprint density at radius 2 is 2.56 bits per heavy atom. The molecule has 0 atom stereocenters. The lowest BCUT2D eigenvalue weighted by Gasteiger charge is -1.86. The fourth-order valence-corrected chi connectivity index (χ4v) is 0.701. The molecule has 0 fully saturated rings. The highest BCUT2D eigenvalue weighted by Crippen LogP contribution is 2.04. The quantitative estimate of drug-likeness (QED) is 0.476. The van der Waals surface area contributed by atoms with Crippen molar-refractivity contribution in [2.24, 2.45) is 5.73 Å². The van der Waals surface area contributed by atoms with Crippen LogP contribution in [0.3, 0.4) is 0 Å². The number of carbonyl (C=O) groups excluding carboxylic acids is 1. The number of carbonyl (C=O) groups is 1. The molecule has 1 aromatic rings. The zero-order valence-corrected chi connectivity index (χ0v) is 5.35. The van der Waals surface area contributed by atoms with Crippen LogP contribution in [0, 0.1) is 0 Å². The fraction of sp³-hybridized carbons (Fsp3) is 0. The lowest BCUT2D eigenvalue weighted by molar-refractivity contribution is 0.0993. The third-order valence-electron chi connectivity index (χ3n) is 0.866. The van der Waals surface area contributed by atoms with E-state index in [1.165, 1.54) is 6.33 Å². The fourth-order valence-electron chi connectivity index (χ4n) is 0.468. The van der Waals surface area contributed by atoms with Crippen LogP contribution in [0.15, 0.2) is 11.4 Å². The largest absolute Gasteiger partial charge is 0.364 e. The average Bonchev–Trinajstić information content (AvgIpc) is 2.13. The molecule has 0 saturated heterocycles. The van der Waals surface area contributed by atoms with Crippen molar-refractivity contribution in [1.82, 2.24) is 9.97 Å². The van der Waals surface area contributed by atoms with E-state index < -0.39 is 5.91 Å². The normalized spacial score (nSPS) is 9.44. The van der Waals surface area contributed by atoms with E-state index in [4.69, 9.17) is 5.73 Å². The second-order valence-electron chi connectivity index (χ2n) is 1.47. The van der Waals surface area contributed by atoms with Crippen molar-refractivity contribution >= 4 is 18.5 Å². The number of amides is 1. The van der Waals surface area contributed by atoms with Crippen molar-refractivity contribution in [2.45, 2.75) is 5.03 Å². The van der Waals surface area contributed by atoms with Crippen molar-refractivity contribution in [2.75, 3.05) is 0 Å². The van der Waals surface area contributed by atoms with Crippen molar-refractivity contribution in [3.63, 3.8) is 0 Å². The Balaban J connectivity index is 3.08. The summed E-state index contributed by atoms with van der Waals surface area (Å²) in [6, 6.07) is 0. The first-order valence-corrected chi connectivity index (χ1v) is 2.68. The van der Waals surface area contributed by atoms with Crippen LogP contribution < -0.4 is 5.73 Å². The molecule has 9 heavy (non-hydrogen) atoms. The highest BCUT2D eigenvalue weighted by atomic mass is 32.1. The summed E-state index contributed by atoms with van der Waals surface area (Å²) >= 11 is 3.85. The highest BCUT2D eigenvalue weighted by Gasteiger charge is 2.05. The SMILES string of the molecule is NC(=O)c1[nH]cnc1S. The monoisotopic (exact) mass is 143 g/mol. The Morgan fingerprint density at radius 3 is 2.78 bits per heavy atom. The summed E-state index contributed by atoms with van der Waals surface area (Å²) in [6.07, 6.45) is 1.36. The molecule has 0 aliphatic carbocycles. The molecule has 5 heteroatoms. The number of thiol groups is 1. The molecule has 0 bridgehead atoms. The van der Waals surface area contributed by atoms with Crippen LogP contribution in [-0.2, 0) is 0 Å². The van der Waals surface area contributed by atoms with Crippen LogP contribution in [0.1, 0.15) is 10.5 Å². The van der Waals surface area contributed by atoms with Gasteiger partial charge in [-0.3, -0.25) is 4.79 Å². The van der Waals surface area contributed by atoms with Gasteiger partial charge in [-0.15, -0.1) is 12.6 Å². The minimum Gasteiger partial charge on any atom is -0.364 e. The van der Waals surface area contributed by atoms with Gasteiger partial charge in [-0.25, -0.2) is 4.98 Å². The Bertz CT molecular complexity index is 231. The van der Waals surface area contributed by atoms with Gasteiger partial charge in [0.2, 0.25) is 0 Å². The summed E-state index contributed by atoms with van der Waals surface area (Å²) in [5, 5.41) is 0.336. The van der Waals surface area contributed by atoms with E-state index in [0.717, 1.165) is 0 Å². The molecule has 3 N–H and O–H groups in total. The third kappa shape index (κ3) is 1.05. The van der Waals surface area contributed by atoms with Crippen molar-refractivity contribution in [3.8, 4) is 0 Å². The van der Waals surface area contributed by atoms with Crippen molar-refractivity contribution in [1.29, 1.82) is 0 Å². The van der Waals surface area contributed by atoms with Crippen LogP contribution in [-0.4, -0.2) is 15.9 Å². The maximum Gasteiger partial charge on any atom is 0.267 e. The molecule has 0 radical (unpaired) electrons. The van der Waals surface area contributed by atoms with Crippen molar-refractivity contribution in [3.05, 3.63) is 12.0 Å². The molecule has 0 aliphatic rings. The molecule has 1 amide bonds. The molecular formula is C4H5N3OS. The molecular weight excluding hydrogens is 138 g/mol. The van der Waals surface area contributed by atoms with Crippen LogP contribution in [0.4, 0.5) is 0 Å². The third-order valence-corrected chi connectivity index (χ3v) is 1.20. The lowest BCUT2D eigenvalue weighted by Crippen LogP contribution is -2.11. The van der Waals surface area contributed by atoms with E-state index in [1.54, 1.807) is 0 Å². The van der Waals surface area contributed by atoms with E-state index in [-0.39, 0.29) is 5.69 Å². The minimum atomic E-state index is -0.544. The summed E-state index contributed by atoms with van der Waals surface area (Å²) in [6.45, 7) is 0. The lowest BCUT2D eigenvalue weighted by atomic mass is 10.5. The number of hydrogen-bond donors (Lipinski definition) is 3. The Hall–Kier alpha value is -0.970. The van der Waals surface area contributed by atoms with E-state index in [1.807, 2.05) is 0 Å². The van der Waals surface area contributed by atoms with Gasteiger partial charge in [-0.1, -0.05) is 0 Å². The molecule has 0 aromatic carbocycles. The van der Waals surface area contributed by atoms with Gasteiger partial charge in [0.25, 0.3) is 5.91 Å². The number of H-pyrrole nitrogens is 1. The predicted octanol–water partition coefficient (Wildman–Crippen LogP) is -0.203. The number of rotatable bonds is 1. The number of nitrogens with two attached hydrogens (primary N) is 1. The summed E-state index contributed by atoms with van der Waals surface area (Å²) in [5.74, 6) is -0.544. The van der Waals surface area contributed by atoms with Gasteiger partial charge < -0.3 is 10.7 Å². The average molecular weight is 143 g/mol. The molecule has 0 unspecified atom stereocenters. The first kappa shape index (κ1) is 6.15. The second-order valence-corrected chi connectivity index (χ2v) is 1.89. The summed E-state index contributed by atoms with van der Waals surface area (Å²) in [4.78, 5) is 16.6. The van der Waals surface area contributed by atoms with Crippen molar-refractivity contribution < 1.29 is 4.79 Å². The van der Waals surface area contributed by atoms with Crippen LogP contribution in [0.5, 0.6) is 0 Å². The van der Waals surface area contributed by atoms with E-state index in [0.29, 0.717) is 5.03 Å². The summed E-state index contributed by atoms with van der Waals surface area (Å²) in [5.41, 5.74) is 5.15. The van der Waals surface area contributed by atoms with Gasteiger partial charge in [-0.2, -0.15) is 0 Å². The van der Waals surface area contributed by atoms with E-state index >= 15 is 0 Å². The van der Waals surface area contributed by atoms with Gasteiger partial charge in [0.05, 0.1) is 6.33 Å². The molecule has 0 aliphatic heterocycles. The number of nitrogens with zero attached hydrogens (tertiary/aromatic N) is 1. The standard InChI is InChI=1S/C4H5N3OS/c5-3(8)2-4(9)7-1-6-2/h1,9H,(H2,5,8)(H,6,7). The van der Waals surface area contributed by atoms with Gasteiger partial charge in [0, 0.05) is 0 Å². The summed E-state index contributed by atoms with van der Waals surface area (Å²) < 4.78 is 0. The Labute approximate surface area is 56.9 Å². The minimum absolute atomic E-state index is 0.248. The highest BCUT2D eigenvalue weighted by molar-refractivity contribution is 7.80. The van der Waals surface area contributed by atoms with Gasteiger partial charge >= 0.3 is 0 Å². The molecule has 0 spiro atoms. The molecule has 1 rings (SSSR count). The first-order valence-electron chi connectivity index (χ1n) is 2.24. The smallest absolute Gasteiger partial charge is 0.267 e. The molecule has 1 aromatic heterocycles. The number of aromatic nitrogens is 2. The van der Waals surface area contributed by atoms with Crippen LogP contribution in [0.2, 0.25) is 0 Å². The Kier molecular flexibility index (Phi) is 1.44. The second kappa shape index (κ2) is 2.10. The predicted molar refractivity (Wildman–Crippen MR) is 34.4 cm³/mol. The Morgan fingerprint density at radius 1 is 1.89 bits per heavy atom. The number of imidazole rings is 1. The van der Waals surface area contributed by atoms with Gasteiger partial charge in [0.1, 0.15) is 10.7 Å². The van der Waals surface area contributed by atoms with Gasteiger partial charge in [-0.05, 0) is 0 Å².